The number of rotatable bonds is 10. The number of nitriles is 1. The van der Waals surface area contributed by atoms with Crippen LogP contribution in [0.25, 0.3) is 0 Å². The van der Waals surface area contributed by atoms with Gasteiger partial charge in [0.15, 0.2) is 6.61 Å². The summed E-state index contributed by atoms with van der Waals surface area (Å²) < 4.78 is 5.39. The van der Waals surface area contributed by atoms with E-state index in [1.807, 2.05) is 42.1 Å². The molecule has 0 bridgehead atoms. The van der Waals surface area contributed by atoms with Crippen LogP contribution in [0.4, 0.5) is 0 Å². The third kappa shape index (κ3) is 7.09. The first-order chi connectivity index (χ1) is 9.38. The molecule has 0 aliphatic carbocycles. The van der Waals surface area contributed by atoms with E-state index in [0.717, 1.165) is 24.4 Å². The molecule has 1 rings (SSSR count). The summed E-state index contributed by atoms with van der Waals surface area (Å²) in [4.78, 5) is 0. The third-order valence-corrected chi connectivity index (χ3v) is 3.48. The minimum absolute atomic E-state index is 0.103. The summed E-state index contributed by atoms with van der Waals surface area (Å²) in [6.07, 6.45) is 5.93. The van der Waals surface area contributed by atoms with Gasteiger partial charge in [0.05, 0.1) is 0 Å². The van der Waals surface area contributed by atoms with E-state index in [4.69, 9.17) is 10.00 Å². The predicted octanol–water partition coefficient (Wildman–Crippen LogP) is 3.21. The highest BCUT2D eigenvalue weighted by Gasteiger charge is 2.01. The van der Waals surface area contributed by atoms with E-state index in [9.17, 15) is 0 Å². The minimum Gasteiger partial charge on any atom is -0.478 e. The summed E-state index contributed by atoms with van der Waals surface area (Å²) in [6.45, 7) is 1.93. The highest BCUT2D eigenvalue weighted by Crippen LogP contribution is 2.17. The molecule has 0 unspecified atom stereocenters. The van der Waals surface area contributed by atoms with Gasteiger partial charge >= 0.3 is 0 Å². The molecule has 1 aromatic carbocycles. The molecule has 1 aromatic rings. The second-order valence-corrected chi connectivity index (χ2v) is 5.27. The van der Waals surface area contributed by atoms with E-state index >= 15 is 0 Å². The Labute approximate surface area is 120 Å². The molecule has 0 saturated carbocycles. The molecule has 0 aliphatic heterocycles. The van der Waals surface area contributed by atoms with Gasteiger partial charge < -0.3 is 10.1 Å². The fourth-order valence-corrected chi connectivity index (χ4v) is 2.29. The highest BCUT2D eigenvalue weighted by atomic mass is 32.2. The molecule has 4 heteroatoms. The molecular formula is C15H22N2OS. The summed E-state index contributed by atoms with van der Waals surface area (Å²) in [5.41, 5.74) is 1.11. The first-order valence-electron chi connectivity index (χ1n) is 6.65. The SMILES string of the molecule is CSCCCCCNCc1ccccc1OCC#N. The number of unbranched alkanes of at least 4 members (excludes halogenated alkanes) is 2. The average Bonchev–Trinajstić information content (AvgIpc) is 2.45. The van der Waals surface area contributed by atoms with Gasteiger partial charge in [-0.3, -0.25) is 0 Å². The molecule has 104 valence electrons. The standard InChI is InChI=1S/C15H22N2OS/c1-19-12-6-2-5-10-17-13-14-7-3-4-8-15(14)18-11-9-16/h3-4,7-8,17H,2,5-6,10-13H2,1H3. The summed E-state index contributed by atoms with van der Waals surface area (Å²) in [5.74, 6) is 2.06. The van der Waals surface area contributed by atoms with Gasteiger partial charge in [-0.05, 0) is 37.5 Å². The number of hydrogen-bond donors (Lipinski definition) is 1. The minimum atomic E-state index is 0.103. The van der Waals surface area contributed by atoms with E-state index in [1.54, 1.807) is 0 Å². The molecule has 19 heavy (non-hydrogen) atoms. The van der Waals surface area contributed by atoms with Crippen LogP contribution < -0.4 is 10.1 Å². The quantitative estimate of drug-likeness (QED) is 0.668. The molecule has 0 atom stereocenters. The first-order valence-corrected chi connectivity index (χ1v) is 8.05. The summed E-state index contributed by atoms with van der Waals surface area (Å²) >= 11 is 1.91. The maximum atomic E-state index is 8.54. The zero-order valence-corrected chi connectivity index (χ0v) is 12.3. The Hall–Kier alpha value is -1.18. The van der Waals surface area contributed by atoms with E-state index < -0.39 is 0 Å². The second kappa shape index (κ2) is 10.7. The van der Waals surface area contributed by atoms with Crippen LogP contribution in [0, 0.1) is 11.3 Å². The van der Waals surface area contributed by atoms with Crippen LogP contribution in [-0.4, -0.2) is 25.2 Å². The van der Waals surface area contributed by atoms with E-state index in [2.05, 4.69) is 11.6 Å². The fraction of sp³-hybridized carbons (Fsp3) is 0.533. The van der Waals surface area contributed by atoms with Crippen LogP contribution in [-0.2, 0) is 6.54 Å². The number of nitrogens with zero attached hydrogens (tertiary/aromatic N) is 1. The molecule has 0 fully saturated rings. The lowest BCUT2D eigenvalue weighted by atomic mass is 10.2. The van der Waals surface area contributed by atoms with Crippen LogP contribution in [0.3, 0.4) is 0 Å². The monoisotopic (exact) mass is 278 g/mol. The number of benzene rings is 1. The summed E-state index contributed by atoms with van der Waals surface area (Å²) in [6, 6.07) is 9.86. The van der Waals surface area contributed by atoms with Crippen LogP contribution >= 0.6 is 11.8 Å². The Balaban J connectivity index is 2.23. The Morgan fingerprint density at radius 1 is 1.26 bits per heavy atom. The molecule has 0 saturated heterocycles. The smallest absolute Gasteiger partial charge is 0.174 e. The van der Waals surface area contributed by atoms with Gasteiger partial charge in [-0.2, -0.15) is 17.0 Å². The van der Waals surface area contributed by atoms with Crippen molar-refractivity contribution in [3.05, 3.63) is 29.8 Å². The third-order valence-electron chi connectivity index (χ3n) is 2.78. The number of thioether (sulfide) groups is 1. The van der Waals surface area contributed by atoms with Gasteiger partial charge in [0.25, 0.3) is 0 Å². The number of ether oxygens (including phenoxy) is 1. The van der Waals surface area contributed by atoms with Crippen molar-refractivity contribution in [3.63, 3.8) is 0 Å². The number of para-hydroxylation sites is 1. The lowest BCUT2D eigenvalue weighted by Gasteiger charge is -2.10. The predicted molar refractivity (Wildman–Crippen MR) is 81.5 cm³/mol. The lowest BCUT2D eigenvalue weighted by molar-refractivity contribution is 0.362. The molecule has 0 aliphatic rings. The number of nitrogens with one attached hydrogen (secondary N) is 1. The van der Waals surface area contributed by atoms with Crippen LogP contribution in [0.2, 0.25) is 0 Å². The zero-order chi connectivity index (χ0) is 13.8. The van der Waals surface area contributed by atoms with E-state index in [1.165, 1.54) is 25.0 Å². The maximum absolute atomic E-state index is 8.54. The highest BCUT2D eigenvalue weighted by molar-refractivity contribution is 7.98. The van der Waals surface area contributed by atoms with Gasteiger partial charge in [0.2, 0.25) is 0 Å². The molecule has 1 N–H and O–H groups in total. The van der Waals surface area contributed by atoms with Crippen molar-refractivity contribution in [1.82, 2.24) is 5.32 Å². The van der Waals surface area contributed by atoms with Crippen molar-refractivity contribution in [2.75, 3.05) is 25.2 Å². The largest absolute Gasteiger partial charge is 0.478 e. The molecule has 0 spiro atoms. The van der Waals surface area contributed by atoms with Crippen molar-refractivity contribution < 1.29 is 4.74 Å². The average molecular weight is 278 g/mol. The zero-order valence-electron chi connectivity index (χ0n) is 11.5. The summed E-state index contributed by atoms with van der Waals surface area (Å²) in [7, 11) is 0. The van der Waals surface area contributed by atoms with Crippen molar-refractivity contribution in [3.8, 4) is 11.8 Å². The van der Waals surface area contributed by atoms with Gasteiger partial charge in [-0.15, -0.1) is 0 Å². The fourth-order valence-electron chi connectivity index (χ4n) is 1.80. The van der Waals surface area contributed by atoms with Crippen molar-refractivity contribution in [2.24, 2.45) is 0 Å². The topological polar surface area (TPSA) is 45.0 Å². The molecule has 0 heterocycles. The number of hydrogen-bond acceptors (Lipinski definition) is 4. The maximum Gasteiger partial charge on any atom is 0.174 e. The van der Waals surface area contributed by atoms with Crippen LogP contribution in [0.5, 0.6) is 5.75 Å². The van der Waals surface area contributed by atoms with Gasteiger partial charge in [-0.25, -0.2) is 0 Å². The van der Waals surface area contributed by atoms with Gasteiger partial charge in [0.1, 0.15) is 11.8 Å². The van der Waals surface area contributed by atoms with E-state index in [-0.39, 0.29) is 6.61 Å². The normalized spacial score (nSPS) is 10.1. The Bertz CT molecular complexity index is 390. The lowest BCUT2D eigenvalue weighted by Crippen LogP contribution is -2.15. The molecule has 0 amide bonds. The van der Waals surface area contributed by atoms with Crippen molar-refractivity contribution in [2.45, 2.75) is 25.8 Å². The Kier molecular flexibility index (Phi) is 8.95. The molecule has 0 aromatic heterocycles. The van der Waals surface area contributed by atoms with Crippen molar-refractivity contribution >= 4 is 11.8 Å². The van der Waals surface area contributed by atoms with E-state index in [0.29, 0.717) is 0 Å². The van der Waals surface area contributed by atoms with Crippen LogP contribution in [0.15, 0.2) is 24.3 Å². The van der Waals surface area contributed by atoms with Gasteiger partial charge in [0, 0.05) is 12.1 Å². The first kappa shape index (κ1) is 15.9. The molecular weight excluding hydrogens is 256 g/mol. The molecule has 0 radical (unpaired) electrons. The Morgan fingerprint density at radius 3 is 2.89 bits per heavy atom. The van der Waals surface area contributed by atoms with Crippen LogP contribution in [0.1, 0.15) is 24.8 Å². The van der Waals surface area contributed by atoms with Gasteiger partial charge in [-0.1, -0.05) is 24.6 Å². The second-order valence-electron chi connectivity index (χ2n) is 4.28. The van der Waals surface area contributed by atoms with Crippen molar-refractivity contribution in [1.29, 1.82) is 5.26 Å². The Morgan fingerprint density at radius 2 is 2.11 bits per heavy atom. The summed E-state index contributed by atoms with van der Waals surface area (Å²) in [5, 5.41) is 12.0. The molecule has 3 nitrogen and oxygen atoms in total.